The summed E-state index contributed by atoms with van der Waals surface area (Å²) >= 11 is 0. The maximum Gasteiger partial charge on any atom is 0.226 e. The van der Waals surface area contributed by atoms with Gasteiger partial charge in [-0.2, -0.15) is 0 Å². The van der Waals surface area contributed by atoms with Crippen LogP contribution in [0.2, 0.25) is 0 Å². The molecule has 5 heteroatoms. The maximum atomic E-state index is 12.0. The minimum Gasteiger partial charge on any atom is -0.441 e. The number of ether oxygens (including phenoxy) is 1. The highest BCUT2D eigenvalue weighted by Gasteiger charge is 2.14. The summed E-state index contributed by atoms with van der Waals surface area (Å²) in [7, 11) is 0. The van der Waals surface area contributed by atoms with Crippen molar-refractivity contribution in [2.75, 3.05) is 13.2 Å². The van der Waals surface area contributed by atoms with Gasteiger partial charge in [-0.15, -0.1) is 0 Å². The molecule has 1 aromatic carbocycles. The first-order valence-corrected chi connectivity index (χ1v) is 7.96. The van der Waals surface area contributed by atoms with Crippen LogP contribution < -0.4 is 5.32 Å². The zero-order chi connectivity index (χ0) is 16.7. The predicted molar refractivity (Wildman–Crippen MR) is 89.1 cm³/mol. The van der Waals surface area contributed by atoms with Gasteiger partial charge in [0.25, 0.3) is 0 Å². The third-order valence-corrected chi connectivity index (χ3v) is 3.34. The number of benzene rings is 1. The van der Waals surface area contributed by atoms with E-state index in [1.165, 1.54) is 0 Å². The fourth-order valence-electron chi connectivity index (χ4n) is 2.13. The summed E-state index contributed by atoms with van der Waals surface area (Å²) in [4.78, 5) is 16.4. The lowest BCUT2D eigenvalue weighted by Gasteiger charge is -2.07. The van der Waals surface area contributed by atoms with Crippen LogP contribution in [0.25, 0.3) is 11.5 Å². The normalized spacial score (nSPS) is 11.0. The van der Waals surface area contributed by atoms with Crippen molar-refractivity contribution in [3.63, 3.8) is 0 Å². The number of hydrogen-bond acceptors (Lipinski definition) is 4. The van der Waals surface area contributed by atoms with E-state index in [4.69, 9.17) is 9.15 Å². The van der Waals surface area contributed by atoms with Gasteiger partial charge in [0.1, 0.15) is 5.76 Å². The minimum atomic E-state index is -0.0504. The van der Waals surface area contributed by atoms with Crippen molar-refractivity contribution in [1.82, 2.24) is 10.3 Å². The highest BCUT2D eigenvalue weighted by Crippen LogP contribution is 2.21. The molecular weight excluding hydrogens is 292 g/mol. The number of hydrogen-bond donors (Lipinski definition) is 1. The third-order valence-electron chi connectivity index (χ3n) is 3.34. The van der Waals surface area contributed by atoms with Gasteiger partial charge in [-0.1, -0.05) is 18.2 Å². The molecule has 0 unspecified atom stereocenters. The molecule has 5 nitrogen and oxygen atoms in total. The van der Waals surface area contributed by atoms with Gasteiger partial charge in [-0.25, -0.2) is 4.98 Å². The molecule has 1 heterocycles. The number of oxazole rings is 1. The van der Waals surface area contributed by atoms with E-state index in [2.05, 4.69) is 10.3 Å². The van der Waals surface area contributed by atoms with Crippen LogP contribution in [-0.4, -0.2) is 30.1 Å². The van der Waals surface area contributed by atoms with Crippen LogP contribution in [0.5, 0.6) is 0 Å². The molecule has 0 bridgehead atoms. The summed E-state index contributed by atoms with van der Waals surface area (Å²) in [6.45, 7) is 7.08. The molecule has 0 aliphatic carbocycles. The second-order valence-electron chi connectivity index (χ2n) is 5.69. The average Bonchev–Trinajstić information content (AvgIpc) is 2.88. The molecule has 0 saturated heterocycles. The van der Waals surface area contributed by atoms with Crippen molar-refractivity contribution in [3.05, 3.63) is 41.8 Å². The van der Waals surface area contributed by atoms with Crippen LogP contribution in [0.4, 0.5) is 0 Å². The molecule has 0 saturated carbocycles. The fraction of sp³-hybridized carbons (Fsp3) is 0.444. The molecule has 2 rings (SSSR count). The van der Waals surface area contributed by atoms with E-state index in [9.17, 15) is 4.79 Å². The van der Waals surface area contributed by atoms with E-state index in [1.54, 1.807) is 0 Å². The van der Waals surface area contributed by atoms with E-state index >= 15 is 0 Å². The zero-order valence-electron chi connectivity index (χ0n) is 14.0. The lowest BCUT2D eigenvalue weighted by Crippen LogP contribution is -2.27. The number of aromatic nitrogens is 1. The molecule has 0 spiro atoms. The number of amides is 1. The van der Waals surface area contributed by atoms with Gasteiger partial charge in [0.05, 0.1) is 18.2 Å². The SMILES string of the molecule is Cc1oc(-c2ccccc2)nc1CC(=O)NCCCOC(C)C. The van der Waals surface area contributed by atoms with Crippen LogP contribution in [0, 0.1) is 6.92 Å². The largest absolute Gasteiger partial charge is 0.441 e. The van der Waals surface area contributed by atoms with Gasteiger partial charge < -0.3 is 14.5 Å². The Morgan fingerprint density at radius 3 is 2.74 bits per heavy atom. The summed E-state index contributed by atoms with van der Waals surface area (Å²) in [6.07, 6.45) is 1.25. The van der Waals surface area contributed by atoms with Crippen LogP contribution in [0.1, 0.15) is 31.7 Å². The first-order chi connectivity index (χ1) is 11.1. The fourth-order valence-corrected chi connectivity index (χ4v) is 2.13. The summed E-state index contributed by atoms with van der Waals surface area (Å²) in [5, 5.41) is 2.88. The van der Waals surface area contributed by atoms with Gasteiger partial charge in [-0.3, -0.25) is 4.79 Å². The number of aryl methyl sites for hydroxylation is 1. The van der Waals surface area contributed by atoms with Crippen LogP contribution in [0.15, 0.2) is 34.7 Å². The molecule has 124 valence electrons. The number of carbonyl (C=O) groups excluding carboxylic acids is 1. The maximum absolute atomic E-state index is 12.0. The smallest absolute Gasteiger partial charge is 0.226 e. The number of nitrogens with one attached hydrogen (secondary N) is 1. The summed E-state index contributed by atoms with van der Waals surface area (Å²) in [5.74, 6) is 1.18. The first kappa shape index (κ1) is 17.2. The molecule has 1 N–H and O–H groups in total. The van der Waals surface area contributed by atoms with Crippen LogP contribution >= 0.6 is 0 Å². The van der Waals surface area contributed by atoms with Crippen molar-refractivity contribution in [2.45, 2.75) is 39.7 Å². The number of carbonyl (C=O) groups is 1. The number of rotatable bonds is 8. The Hall–Kier alpha value is -2.14. The van der Waals surface area contributed by atoms with E-state index in [1.807, 2.05) is 51.1 Å². The van der Waals surface area contributed by atoms with E-state index in [-0.39, 0.29) is 18.4 Å². The van der Waals surface area contributed by atoms with E-state index < -0.39 is 0 Å². The Kier molecular flexibility index (Phi) is 6.35. The second kappa shape index (κ2) is 8.48. The van der Waals surface area contributed by atoms with Gasteiger partial charge in [0, 0.05) is 18.7 Å². The lowest BCUT2D eigenvalue weighted by atomic mass is 10.2. The number of nitrogens with zero attached hydrogens (tertiary/aromatic N) is 1. The summed E-state index contributed by atoms with van der Waals surface area (Å²) in [6, 6.07) is 9.67. The molecule has 0 aliphatic rings. The van der Waals surface area contributed by atoms with Crippen molar-refractivity contribution in [2.24, 2.45) is 0 Å². The van der Waals surface area contributed by atoms with Crippen molar-refractivity contribution in [3.8, 4) is 11.5 Å². The van der Waals surface area contributed by atoms with E-state index in [0.717, 1.165) is 12.0 Å². The lowest BCUT2D eigenvalue weighted by molar-refractivity contribution is -0.120. The Labute approximate surface area is 137 Å². The van der Waals surface area contributed by atoms with Crippen molar-refractivity contribution in [1.29, 1.82) is 0 Å². The predicted octanol–water partition coefficient (Wildman–Crippen LogP) is 3.12. The molecular formula is C18H24N2O3. The minimum absolute atomic E-state index is 0.0504. The second-order valence-corrected chi connectivity index (χ2v) is 5.69. The highest BCUT2D eigenvalue weighted by molar-refractivity contribution is 5.78. The topological polar surface area (TPSA) is 64.4 Å². The Balaban J connectivity index is 1.83. The standard InChI is InChI=1S/C18H24N2O3/c1-13(2)22-11-7-10-19-17(21)12-16-14(3)23-18(20-16)15-8-5-4-6-9-15/h4-6,8-9,13H,7,10-12H2,1-3H3,(H,19,21). The van der Waals surface area contributed by atoms with Crippen LogP contribution in [0.3, 0.4) is 0 Å². The zero-order valence-corrected chi connectivity index (χ0v) is 14.0. The van der Waals surface area contributed by atoms with Gasteiger partial charge in [0.2, 0.25) is 11.8 Å². The highest BCUT2D eigenvalue weighted by atomic mass is 16.5. The molecule has 0 fully saturated rings. The molecule has 0 aliphatic heterocycles. The quantitative estimate of drug-likeness (QED) is 0.760. The molecule has 1 amide bonds. The summed E-state index contributed by atoms with van der Waals surface area (Å²) < 4.78 is 11.1. The summed E-state index contributed by atoms with van der Waals surface area (Å²) in [5.41, 5.74) is 1.59. The molecule has 0 radical (unpaired) electrons. The van der Waals surface area contributed by atoms with Gasteiger partial charge in [-0.05, 0) is 39.3 Å². The average molecular weight is 316 g/mol. The Bertz CT molecular complexity index is 620. The van der Waals surface area contributed by atoms with Crippen LogP contribution in [-0.2, 0) is 16.0 Å². The Morgan fingerprint density at radius 1 is 1.30 bits per heavy atom. The molecule has 23 heavy (non-hydrogen) atoms. The molecule has 2 aromatic rings. The Morgan fingerprint density at radius 2 is 2.04 bits per heavy atom. The monoisotopic (exact) mass is 316 g/mol. The van der Waals surface area contributed by atoms with Crippen molar-refractivity contribution < 1.29 is 13.9 Å². The van der Waals surface area contributed by atoms with Gasteiger partial charge >= 0.3 is 0 Å². The molecule has 0 atom stereocenters. The van der Waals surface area contributed by atoms with Crippen molar-refractivity contribution >= 4 is 5.91 Å². The first-order valence-electron chi connectivity index (χ1n) is 7.96. The molecule has 1 aromatic heterocycles. The third kappa shape index (κ3) is 5.53. The van der Waals surface area contributed by atoms with E-state index in [0.29, 0.717) is 30.5 Å². The van der Waals surface area contributed by atoms with Gasteiger partial charge in [0.15, 0.2) is 0 Å².